The van der Waals surface area contributed by atoms with Crippen LogP contribution in [0.2, 0.25) is 0 Å². The van der Waals surface area contributed by atoms with Gasteiger partial charge in [-0.2, -0.15) is 0 Å². The van der Waals surface area contributed by atoms with Gasteiger partial charge in [0.2, 0.25) is 0 Å². The summed E-state index contributed by atoms with van der Waals surface area (Å²) in [6.45, 7) is 0.365. The van der Waals surface area contributed by atoms with Crippen molar-refractivity contribution in [3.05, 3.63) is 99.9 Å². The molecular weight excluding hydrogens is 437 g/mol. The van der Waals surface area contributed by atoms with Gasteiger partial charge in [0.05, 0.1) is 31.7 Å². The Morgan fingerprint density at radius 3 is 2.56 bits per heavy atom. The quantitative estimate of drug-likeness (QED) is 0.429. The predicted molar refractivity (Wildman–Crippen MR) is 127 cm³/mol. The molecule has 0 aliphatic rings. The molecule has 1 amide bonds. The second-order valence-electron chi connectivity index (χ2n) is 7.71. The SMILES string of the molecule is COc1ccc(CCN(Cc2nc3ccccc3c(=O)[nH]2)C(=O)c2cccc(F)c2)cc1OC. The van der Waals surface area contributed by atoms with Gasteiger partial charge < -0.3 is 19.4 Å². The number of benzene rings is 3. The normalized spacial score (nSPS) is 10.8. The third-order valence-corrected chi connectivity index (χ3v) is 5.48. The molecule has 1 aromatic heterocycles. The van der Waals surface area contributed by atoms with Crippen LogP contribution in [0.1, 0.15) is 21.7 Å². The van der Waals surface area contributed by atoms with Crippen molar-refractivity contribution < 1.29 is 18.7 Å². The molecule has 0 unspecified atom stereocenters. The zero-order valence-electron chi connectivity index (χ0n) is 18.9. The molecule has 0 fully saturated rings. The number of rotatable bonds is 8. The van der Waals surface area contributed by atoms with E-state index in [0.29, 0.717) is 41.2 Å². The molecular formula is C26H24FN3O4. The fraction of sp³-hybridized carbons (Fsp3) is 0.192. The van der Waals surface area contributed by atoms with Crippen molar-refractivity contribution in [1.29, 1.82) is 0 Å². The van der Waals surface area contributed by atoms with Gasteiger partial charge >= 0.3 is 0 Å². The van der Waals surface area contributed by atoms with Crippen molar-refractivity contribution in [2.45, 2.75) is 13.0 Å². The van der Waals surface area contributed by atoms with Gasteiger partial charge in [-0.1, -0.05) is 24.3 Å². The number of methoxy groups -OCH3 is 2. The van der Waals surface area contributed by atoms with Crippen LogP contribution in [-0.2, 0) is 13.0 Å². The lowest BCUT2D eigenvalue weighted by Gasteiger charge is -2.23. The molecule has 0 spiro atoms. The minimum absolute atomic E-state index is 0.0582. The fourth-order valence-corrected chi connectivity index (χ4v) is 3.75. The summed E-state index contributed by atoms with van der Waals surface area (Å²) >= 11 is 0. The summed E-state index contributed by atoms with van der Waals surface area (Å²) in [4.78, 5) is 34.6. The van der Waals surface area contributed by atoms with E-state index in [1.807, 2.05) is 12.1 Å². The summed E-state index contributed by atoms with van der Waals surface area (Å²) in [7, 11) is 3.12. The van der Waals surface area contributed by atoms with E-state index < -0.39 is 5.82 Å². The number of carbonyl (C=O) groups is 1. The van der Waals surface area contributed by atoms with Gasteiger partial charge in [-0.15, -0.1) is 0 Å². The lowest BCUT2D eigenvalue weighted by Crippen LogP contribution is -2.34. The van der Waals surface area contributed by atoms with Crippen molar-refractivity contribution >= 4 is 16.8 Å². The Morgan fingerprint density at radius 1 is 1.00 bits per heavy atom. The lowest BCUT2D eigenvalue weighted by molar-refractivity contribution is 0.0740. The van der Waals surface area contributed by atoms with Crippen LogP contribution in [0.4, 0.5) is 4.39 Å². The highest BCUT2D eigenvalue weighted by Crippen LogP contribution is 2.28. The van der Waals surface area contributed by atoms with Gasteiger partial charge in [0.25, 0.3) is 11.5 Å². The molecule has 0 aliphatic carbocycles. The number of halogens is 1. The van der Waals surface area contributed by atoms with E-state index in [9.17, 15) is 14.0 Å². The standard InChI is InChI=1S/C26H24FN3O4/c1-33-22-11-10-17(14-23(22)34-2)12-13-30(26(32)18-6-5-7-19(27)15-18)16-24-28-21-9-4-3-8-20(21)25(31)29-24/h3-11,14-15H,12-13,16H2,1-2H3,(H,28,29,31). The second-order valence-corrected chi connectivity index (χ2v) is 7.71. The van der Waals surface area contributed by atoms with E-state index in [-0.39, 0.29) is 23.6 Å². The monoisotopic (exact) mass is 461 g/mol. The van der Waals surface area contributed by atoms with E-state index in [4.69, 9.17) is 9.47 Å². The number of fused-ring (bicyclic) bond motifs is 1. The van der Waals surface area contributed by atoms with Crippen LogP contribution in [0, 0.1) is 5.82 Å². The number of para-hydroxylation sites is 1. The average molecular weight is 461 g/mol. The Bertz CT molecular complexity index is 1390. The van der Waals surface area contributed by atoms with Crippen molar-refractivity contribution in [2.24, 2.45) is 0 Å². The maximum atomic E-state index is 13.8. The lowest BCUT2D eigenvalue weighted by atomic mass is 10.1. The minimum Gasteiger partial charge on any atom is -0.493 e. The predicted octanol–water partition coefficient (Wildman–Crippen LogP) is 3.96. The summed E-state index contributed by atoms with van der Waals surface area (Å²) in [5.74, 6) is 0.680. The summed E-state index contributed by atoms with van der Waals surface area (Å²) in [5.41, 5.74) is 1.41. The van der Waals surface area contributed by atoms with Crippen LogP contribution in [0.15, 0.2) is 71.5 Å². The number of ether oxygens (including phenoxy) is 2. The number of nitrogens with one attached hydrogen (secondary N) is 1. The van der Waals surface area contributed by atoms with Crippen LogP contribution < -0.4 is 15.0 Å². The zero-order chi connectivity index (χ0) is 24.1. The Labute approximate surface area is 195 Å². The number of carbonyl (C=O) groups excluding carboxylic acids is 1. The highest BCUT2D eigenvalue weighted by molar-refractivity contribution is 5.94. The molecule has 7 nitrogen and oxygen atoms in total. The first-order valence-corrected chi connectivity index (χ1v) is 10.7. The molecule has 8 heteroatoms. The zero-order valence-corrected chi connectivity index (χ0v) is 18.9. The third-order valence-electron chi connectivity index (χ3n) is 5.48. The molecule has 0 saturated heterocycles. The van der Waals surface area contributed by atoms with E-state index in [1.165, 1.54) is 18.2 Å². The van der Waals surface area contributed by atoms with Crippen molar-refractivity contribution in [3.8, 4) is 11.5 Å². The topological polar surface area (TPSA) is 84.5 Å². The summed E-state index contributed by atoms with van der Waals surface area (Å²) < 4.78 is 24.4. The maximum absolute atomic E-state index is 13.8. The molecule has 174 valence electrons. The number of amides is 1. The van der Waals surface area contributed by atoms with Gasteiger partial charge in [0.15, 0.2) is 11.5 Å². The van der Waals surface area contributed by atoms with Crippen LogP contribution >= 0.6 is 0 Å². The van der Waals surface area contributed by atoms with Crippen LogP contribution in [0.5, 0.6) is 11.5 Å². The molecule has 1 heterocycles. The molecule has 34 heavy (non-hydrogen) atoms. The highest BCUT2D eigenvalue weighted by Gasteiger charge is 2.19. The average Bonchev–Trinajstić information content (AvgIpc) is 2.86. The Hall–Kier alpha value is -4.20. The Balaban J connectivity index is 1.63. The Morgan fingerprint density at radius 2 is 1.79 bits per heavy atom. The van der Waals surface area contributed by atoms with Crippen molar-refractivity contribution in [2.75, 3.05) is 20.8 Å². The van der Waals surface area contributed by atoms with Crippen LogP contribution in [0.25, 0.3) is 10.9 Å². The number of aromatic amines is 1. The molecule has 4 rings (SSSR count). The minimum atomic E-state index is -0.497. The smallest absolute Gasteiger partial charge is 0.258 e. The highest BCUT2D eigenvalue weighted by atomic mass is 19.1. The maximum Gasteiger partial charge on any atom is 0.258 e. The van der Waals surface area contributed by atoms with E-state index >= 15 is 0 Å². The molecule has 0 bridgehead atoms. The molecule has 0 radical (unpaired) electrons. The van der Waals surface area contributed by atoms with Gasteiger partial charge in [-0.3, -0.25) is 9.59 Å². The third kappa shape index (κ3) is 5.06. The number of aromatic nitrogens is 2. The summed E-state index contributed by atoms with van der Waals surface area (Å²) in [5, 5.41) is 0.472. The molecule has 0 saturated carbocycles. The van der Waals surface area contributed by atoms with Crippen LogP contribution in [0.3, 0.4) is 0 Å². The fourth-order valence-electron chi connectivity index (χ4n) is 3.75. The molecule has 4 aromatic rings. The molecule has 0 aliphatic heterocycles. The molecule has 3 aromatic carbocycles. The van der Waals surface area contributed by atoms with Gasteiger partial charge in [-0.25, -0.2) is 9.37 Å². The van der Waals surface area contributed by atoms with Crippen molar-refractivity contribution in [3.63, 3.8) is 0 Å². The first kappa shape index (κ1) is 23.0. The largest absolute Gasteiger partial charge is 0.493 e. The van der Waals surface area contributed by atoms with E-state index in [0.717, 1.165) is 5.56 Å². The summed E-state index contributed by atoms with van der Waals surface area (Å²) in [6.07, 6.45) is 0.499. The second kappa shape index (κ2) is 10.2. The Kier molecular flexibility index (Phi) is 6.87. The molecule has 1 N–H and O–H groups in total. The number of H-pyrrole nitrogens is 1. The first-order valence-electron chi connectivity index (χ1n) is 10.7. The van der Waals surface area contributed by atoms with Crippen molar-refractivity contribution in [1.82, 2.24) is 14.9 Å². The van der Waals surface area contributed by atoms with E-state index in [1.54, 1.807) is 55.5 Å². The van der Waals surface area contributed by atoms with Gasteiger partial charge in [0.1, 0.15) is 11.6 Å². The molecule has 0 atom stereocenters. The van der Waals surface area contributed by atoms with E-state index in [2.05, 4.69) is 9.97 Å². The summed E-state index contributed by atoms with van der Waals surface area (Å²) in [6, 6.07) is 18.1. The van der Waals surface area contributed by atoms with Crippen LogP contribution in [-0.4, -0.2) is 41.5 Å². The number of nitrogens with zero attached hydrogens (tertiary/aromatic N) is 2. The number of hydrogen-bond acceptors (Lipinski definition) is 5. The van der Waals surface area contributed by atoms with Gasteiger partial charge in [0, 0.05) is 12.1 Å². The van der Waals surface area contributed by atoms with Gasteiger partial charge in [-0.05, 0) is 54.4 Å². The number of hydrogen-bond donors (Lipinski definition) is 1. The first-order chi connectivity index (χ1) is 16.5.